The number of Topliss-reactive ketones (excluding diaryl/α,β-unsaturated/α-hetero) is 1. The van der Waals surface area contributed by atoms with Gasteiger partial charge in [-0.25, -0.2) is 0 Å². The van der Waals surface area contributed by atoms with Gasteiger partial charge in [-0.1, -0.05) is 53.7 Å². The van der Waals surface area contributed by atoms with Gasteiger partial charge >= 0.3 is 0 Å². The van der Waals surface area contributed by atoms with Crippen molar-refractivity contribution in [2.75, 3.05) is 0 Å². The van der Waals surface area contributed by atoms with Gasteiger partial charge in [-0.2, -0.15) is 0 Å². The molecule has 1 heteroatoms. The number of hydrogen-bond acceptors (Lipinski definition) is 1. The van der Waals surface area contributed by atoms with Crippen molar-refractivity contribution < 1.29 is 4.79 Å². The molecule has 1 aromatic rings. The third-order valence-electron chi connectivity index (χ3n) is 6.08. The van der Waals surface area contributed by atoms with Crippen LogP contribution in [0.2, 0.25) is 0 Å². The molecule has 1 aliphatic carbocycles. The molecule has 1 aliphatic rings. The average molecular weight is 258 g/mol. The maximum absolute atomic E-state index is 11.6. The standard InChI is InChI=1S/C18H26O/c1-12(19)13-8-9-14-11-16(2,3)18(6,7)17(4,5)15(14)10-13/h8-10H,11H2,1-7H3. The van der Waals surface area contributed by atoms with Crippen LogP contribution in [0.5, 0.6) is 0 Å². The lowest BCUT2D eigenvalue weighted by atomic mass is 9.47. The van der Waals surface area contributed by atoms with E-state index in [0.717, 1.165) is 12.0 Å². The first-order valence-corrected chi connectivity index (χ1v) is 7.15. The number of benzene rings is 1. The van der Waals surface area contributed by atoms with E-state index in [1.165, 1.54) is 11.1 Å². The van der Waals surface area contributed by atoms with Crippen LogP contribution in [0.3, 0.4) is 0 Å². The van der Waals surface area contributed by atoms with Gasteiger partial charge in [0, 0.05) is 5.56 Å². The molecule has 0 radical (unpaired) electrons. The SMILES string of the molecule is CC(=O)c1ccc2c(c1)C(C)(C)C(C)(C)C(C)(C)C2. The largest absolute Gasteiger partial charge is 0.295 e. The van der Waals surface area contributed by atoms with Crippen LogP contribution in [0.25, 0.3) is 0 Å². The van der Waals surface area contributed by atoms with Gasteiger partial charge in [-0.3, -0.25) is 4.79 Å². The highest BCUT2D eigenvalue weighted by atomic mass is 16.1. The summed E-state index contributed by atoms with van der Waals surface area (Å²) in [6, 6.07) is 6.26. The van der Waals surface area contributed by atoms with Crippen LogP contribution in [-0.4, -0.2) is 5.78 Å². The van der Waals surface area contributed by atoms with Gasteiger partial charge in [0.05, 0.1) is 0 Å². The maximum Gasteiger partial charge on any atom is 0.159 e. The molecular weight excluding hydrogens is 232 g/mol. The first-order chi connectivity index (χ1) is 8.50. The second kappa shape index (κ2) is 3.94. The second-order valence-corrected chi connectivity index (χ2v) is 7.74. The molecule has 1 nitrogen and oxygen atoms in total. The molecule has 104 valence electrons. The van der Waals surface area contributed by atoms with Gasteiger partial charge in [0.1, 0.15) is 0 Å². The topological polar surface area (TPSA) is 17.1 Å². The average Bonchev–Trinajstić information content (AvgIpc) is 2.26. The lowest BCUT2D eigenvalue weighted by molar-refractivity contribution is 0.0154. The smallest absolute Gasteiger partial charge is 0.159 e. The summed E-state index contributed by atoms with van der Waals surface area (Å²) in [4.78, 5) is 11.6. The van der Waals surface area contributed by atoms with Crippen LogP contribution in [-0.2, 0) is 11.8 Å². The van der Waals surface area contributed by atoms with E-state index in [4.69, 9.17) is 0 Å². The highest BCUT2D eigenvalue weighted by molar-refractivity contribution is 5.94. The minimum atomic E-state index is 0.0650. The number of hydrogen-bond donors (Lipinski definition) is 0. The molecule has 0 heterocycles. The Morgan fingerprint density at radius 3 is 2.16 bits per heavy atom. The number of ketones is 1. The molecule has 0 unspecified atom stereocenters. The molecule has 0 bridgehead atoms. The first kappa shape index (κ1) is 14.3. The highest BCUT2D eigenvalue weighted by Gasteiger charge is 2.52. The fraction of sp³-hybridized carbons (Fsp3) is 0.611. The lowest BCUT2D eigenvalue weighted by Gasteiger charge is -2.57. The first-order valence-electron chi connectivity index (χ1n) is 7.15. The molecule has 0 aromatic heterocycles. The summed E-state index contributed by atoms with van der Waals surface area (Å²) >= 11 is 0. The van der Waals surface area contributed by atoms with Crippen molar-refractivity contribution in [2.24, 2.45) is 10.8 Å². The van der Waals surface area contributed by atoms with Gasteiger partial charge in [0.25, 0.3) is 0 Å². The van der Waals surface area contributed by atoms with Crippen molar-refractivity contribution in [1.29, 1.82) is 0 Å². The van der Waals surface area contributed by atoms with E-state index in [-0.39, 0.29) is 22.0 Å². The van der Waals surface area contributed by atoms with Gasteiger partial charge < -0.3 is 0 Å². The summed E-state index contributed by atoms with van der Waals surface area (Å²) < 4.78 is 0. The number of rotatable bonds is 1. The number of fused-ring (bicyclic) bond motifs is 1. The predicted octanol–water partition coefficient (Wildman–Crippen LogP) is 4.78. The molecular formula is C18H26O. The Kier molecular flexibility index (Phi) is 2.97. The monoisotopic (exact) mass is 258 g/mol. The molecule has 2 rings (SSSR count). The summed E-state index contributed by atoms with van der Waals surface area (Å²) in [5, 5.41) is 0. The van der Waals surface area contributed by atoms with E-state index in [1.54, 1.807) is 6.92 Å². The second-order valence-electron chi connectivity index (χ2n) is 7.74. The molecule has 0 saturated heterocycles. The molecule has 1 aromatic carbocycles. The van der Waals surface area contributed by atoms with Crippen molar-refractivity contribution >= 4 is 5.78 Å². The molecule has 0 fully saturated rings. The minimum Gasteiger partial charge on any atom is -0.295 e. The zero-order chi connectivity index (χ0) is 14.6. The normalized spacial score (nSPS) is 22.7. The van der Waals surface area contributed by atoms with Gasteiger partial charge in [-0.15, -0.1) is 0 Å². The Balaban J connectivity index is 2.69. The van der Waals surface area contributed by atoms with Gasteiger partial charge in [0.2, 0.25) is 0 Å². The molecule has 0 N–H and O–H groups in total. The fourth-order valence-corrected chi connectivity index (χ4v) is 3.41. The van der Waals surface area contributed by atoms with E-state index >= 15 is 0 Å². The summed E-state index contributed by atoms with van der Waals surface area (Å²) in [5.41, 5.74) is 4.09. The third kappa shape index (κ3) is 1.86. The number of carbonyl (C=O) groups excluding carboxylic acids is 1. The van der Waals surface area contributed by atoms with E-state index in [1.807, 2.05) is 6.07 Å². The lowest BCUT2D eigenvalue weighted by Crippen LogP contribution is -2.52. The Morgan fingerprint density at radius 1 is 1.05 bits per heavy atom. The van der Waals surface area contributed by atoms with Crippen LogP contribution in [0.1, 0.15) is 70.0 Å². The summed E-state index contributed by atoms with van der Waals surface area (Å²) in [6.07, 6.45) is 1.08. The molecule has 0 aliphatic heterocycles. The van der Waals surface area contributed by atoms with E-state index < -0.39 is 0 Å². The molecule has 19 heavy (non-hydrogen) atoms. The minimum absolute atomic E-state index is 0.0650. The van der Waals surface area contributed by atoms with E-state index in [9.17, 15) is 4.79 Å². The zero-order valence-electron chi connectivity index (χ0n) is 13.3. The number of carbonyl (C=O) groups is 1. The molecule has 0 spiro atoms. The predicted molar refractivity (Wildman–Crippen MR) is 80.7 cm³/mol. The Morgan fingerprint density at radius 2 is 1.63 bits per heavy atom. The zero-order valence-corrected chi connectivity index (χ0v) is 13.3. The van der Waals surface area contributed by atoms with E-state index in [2.05, 4.69) is 53.7 Å². The fourth-order valence-electron chi connectivity index (χ4n) is 3.41. The molecule has 0 saturated carbocycles. The highest BCUT2D eigenvalue weighted by Crippen LogP contribution is 2.58. The van der Waals surface area contributed by atoms with Gasteiger partial charge in [-0.05, 0) is 46.8 Å². The van der Waals surface area contributed by atoms with Crippen molar-refractivity contribution in [1.82, 2.24) is 0 Å². The Labute approximate surface area is 117 Å². The van der Waals surface area contributed by atoms with Crippen LogP contribution < -0.4 is 0 Å². The Bertz CT molecular complexity index is 533. The van der Waals surface area contributed by atoms with Crippen molar-refractivity contribution in [2.45, 2.75) is 60.3 Å². The summed E-state index contributed by atoms with van der Waals surface area (Å²) in [7, 11) is 0. The molecule has 0 amide bonds. The summed E-state index contributed by atoms with van der Waals surface area (Å²) in [6.45, 7) is 15.7. The summed E-state index contributed by atoms with van der Waals surface area (Å²) in [5.74, 6) is 0.154. The van der Waals surface area contributed by atoms with Crippen molar-refractivity contribution in [3.05, 3.63) is 34.9 Å². The van der Waals surface area contributed by atoms with Crippen LogP contribution in [0.4, 0.5) is 0 Å². The maximum atomic E-state index is 11.6. The van der Waals surface area contributed by atoms with Crippen LogP contribution in [0, 0.1) is 10.8 Å². The third-order valence-corrected chi connectivity index (χ3v) is 6.08. The van der Waals surface area contributed by atoms with Crippen molar-refractivity contribution in [3.63, 3.8) is 0 Å². The molecule has 0 atom stereocenters. The Hall–Kier alpha value is -1.11. The van der Waals surface area contributed by atoms with Crippen molar-refractivity contribution in [3.8, 4) is 0 Å². The van der Waals surface area contributed by atoms with Crippen LogP contribution in [0.15, 0.2) is 18.2 Å². The quantitative estimate of drug-likeness (QED) is 0.663. The van der Waals surface area contributed by atoms with Gasteiger partial charge in [0.15, 0.2) is 5.78 Å². The van der Waals surface area contributed by atoms with Crippen LogP contribution >= 0.6 is 0 Å². The van der Waals surface area contributed by atoms with E-state index in [0.29, 0.717) is 0 Å².